The number of hydrogen-bond donors (Lipinski definition) is 4. The highest BCUT2D eigenvalue weighted by Crippen LogP contribution is 2.28. The molecule has 2 heterocycles. The van der Waals surface area contributed by atoms with E-state index in [1.807, 2.05) is 0 Å². The van der Waals surface area contributed by atoms with Gasteiger partial charge < -0.3 is 30.6 Å². The topological polar surface area (TPSA) is 142 Å². The Labute approximate surface area is 193 Å². The summed E-state index contributed by atoms with van der Waals surface area (Å²) in [6, 6.07) is 9.40. The van der Waals surface area contributed by atoms with Crippen LogP contribution in [0.25, 0.3) is 0 Å². The lowest BCUT2D eigenvalue weighted by atomic mass is 10.2. The van der Waals surface area contributed by atoms with Gasteiger partial charge in [-0.1, -0.05) is 23.7 Å². The molecule has 0 aliphatic carbocycles. The highest BCUT2D eigenvalue weighted by atomic mass is 35.5. The van der Waals surface area contributed by atoms with Crippen molar-refractivity contribution in [3.63, 3.8) is 0 Å². The Morgan fingerprint density at radius 3 is 2.76 bits per heavy atom. The highest BCUT2D eigenvalue weighted by molar-refractivity contribution is 6.33. The molecule has 0 aliphatic heterocycles. The van der Waals surface area contributed by atoms with Gasteiger partial charge in [-0.15, -0.1) is 0 Å². The average Bonchev–Trinajstić information content (AvgIpc) is 2.81. The fourth-order valence-electron chi connectivity index (χ4n) is 2.60. The van der Waals surface area contributed by atoms with Crippen molar-refractivity contribution in [1.82, 2.24) is 15.0 Å². The lowest BCUT2D eigenvalue weighted by Gasteiger charge is -2.20. The smallest absolute Gasteiger partial charge is 0.269 e. The van der Waals surface area contributed by atoms with Gasteiger partial charge in [0.15, 0.2) is 0 Å². The zero-order valence-electron chi connectivity index (χ0n) is 17.2. The maximum atomic E-state index is 13.1. The molecule has 172 valence electrons. The van der Waals surface area contributed by atoms with Gasteiger partial charge in [0.05, 0.1) is 42.3 Å². The second-order valence-corrected chi connectivity index (χ2v) is 6.85. The van der Waals surface area contributed by atoms with Crippen molar-refractivity contribution in [2.75, 3.05) is 30.5 Å². The monoisotopic (exact) mass is 474 g/mol. The van der Waals surface area contributed by atoms with Crippen LogP contribution in [0, 0.1) is 11.2 Å². The summed E-state index contributed by atoms with van der Waals surface area (Å²) in [5, 5.41) is 22.7. The Bertz CT molecular complexity index is 1100. The number of para-hydroxylation sites is 1. The highest BCUT2D eigenvalue weighted by Gasteiger charge is 2.24. The van der Waals surface area contributed by atoms with Crippen molar-refractivity contribution >= 4 is 41.0 Å². The Morgan fingerprint density at radius 2 is 2.06 bits per heavy atom. The quantitative estimate of drug-likeness (QED) is 0.245. The maximum Gasteiger partial charge on any atom is 0.269 e. The summed E-state index contributed by atoms with van der Waals surface area (Å²) in [5.74, 6) is -0.925. The number of pyridine rings is 1. The van der Waals surface area contributed by atoms with Crippen molar-refractivity contribution in [3.8, 4) is 5.88 Å². The fraction of sp³-hybridized carbons (Fsp3) is 0.190. The van der Waals surface area contributed by atoms with Crippen LogP contribution >= 0.6 is 11.6 Å². The molecule has 0 radical (unpaired) electrons. The molecule has 2 aromatic heterocycles. The molecule has 1 amide bonds. The van der Waals surface area contributed by atoms with E-state index in [-0.39, 0.29) is 42.9 Å². The Hall–Kier alpha value is -3.67. The third-order valence-electron chi connectivity index (χ3n) is 4.15. The summed E-state index contributed by atoms with van der Waals surface area (Å²) in [4.78, 5) is 24.7. The Morgan fingerprint density at radius 1 is 1.24 bits per heavy atom. The lowest BCUT2D eigenvalue weighted by molar-refractivity contribution is -0.125. The molecule has 0 aliphatic rings. The maximum absolute atomic E-state index is 13.1. The predicted molar refractivity (Wildman–Crippen MR) is 120 cm³/mol. The first-order valence-electron chi connectivity index (χ1n) is 9.66. The summed E-state index contributed by atoms with van der Waals surface area (Å²) < 4.78 is 24.1. The van der Waals surface area contributed by atoms with E-state index in [1.165, 1.54) is 12.4 Å². The van der Waals surface area contributed by atoms with Crippen LogP contribution in [0.1, 0.15) is 5.56 Å². The van der Waals surface area contributed by atoms with E-state index in [0.29, 0.717) is 10.7 Å². The molecule has 0 spiro atoms. The number of rotatable bonds is 11. The molecule has 1 atom stereocenters. The van der Waals surface area contributed by atoms with Crippen molar-refractivity contribution in [1.29, 1.82) is 5.41 Å². The van der Waals surface area contributed by atoms with Gasteiger partial charge in [0.25, 0.3) is 5.91 Å². The second-order valence-electron chi connectivity index (χ2n) is 6.45. The number of aliphatic hydroxyl groups is 1. The zero-order chi connectivity index (χ0) is 23.6. The van der Waals surface area contributed by atoms with Gasteiger partial charge in [-0.2, -0.15) is 0 Å². The van der Waals surface area contributed by atoms with Crippen LogP contribution < -0.4 is 15.4 Å². The number of benzene rings is 1. The van der Waals surface area contributed by atoms with Gasteiger partial charge in [-0.3, -0.25) is 4.79 Å². The number of nitrogens with one attached hydrogen (secondary N) is 3. The van der Waals surface area contributed by atoms with Gasteiger partial charge >= 0.3 is 0 Å². The zero-order valence-corrected chi connectivity index (χ0v) is 17.9. The lowest BCUT2D eigenvalue weighted by Crippen LogP contribution is -2.38. The van der Waals surface area contributed by atoms with Crippen LogP contribution in [-0.4, -0.2) is 58.1 Å². The minimum absolute atomic E-state index is 0.0253. The summed E-state index contributed by atoms with van der Waals surface area (Å²) in [6.07, 6.45) is 1.90. The van der Waals surface area contributed by atoms with E-state index in [4.69, 9.17) is 31.6 Å². The Balaban J connectivity index is 1.83. The first-order chi connectivity index (χ1) is 16.0. The molecule has 33 heavy (non-hydrogen) atoms. The van der Waals surface area contributed by atoms with Gasteiger partial charge in [-0.25, -0.2) is 19.3 Å². The van der Waals surface area contributed by atoms with E-state index in [1.54, 1.807) is 24.3 Å². The van der Waals surface area contributed by atoms with Crippen molar-refractivity contribution in [2.24, 2.45) is 0 Å². The van der Waals surface area contributed by atoms with E-state index in [0.717, 1.165) is 18.5 Å². The number of aliphatic hydroxyl groups excluding tert-OH is 1. The van der Waals surface area contributed by atoms with Crippen LogP contribution in [0.2, 0.25) is 5.02 Å². The van der Waals surface area contributed by atoms with Gasteiger partial charge in [-0.05, 0) is 24.3 Å². The van der Waals surface area contributed by atoms with Crippen LogP contribution in [0.15, 0.2) is 48.9 Å². The molecule has 3 rings (SSSR count). The number of carbonyl (C=O) groups excluding carboxylic acids is 1. The fourth-order valence-corrected chi connectivity index (χ4v) is 2.79. The molecule has 1 aromatic carbocycles. The second kappa shape index (κ2) is 11.8. The Kier molecular flexibility index (Phi) is 8.58. The standard InChI is InChI=1S/C21H20ClFN6O4/c22-15-3-1-2-4-16(15)28-19-14(9-24)21(27-12-26-19)33-17(11-32-8-7-30)20(31)29-18-6-5-13(23)10-25-18/h1-6,9-10,12,17,24,30H,7-8,11H2,(H,25,29,31)(H,26,27,28). The van der Waals surface area contributed by atoms with Gasteiger partial charge in [0, 0.05) is 6.21 Å². The van der Waals surface area contributed by atoms with E-state index >= 15 is 0 Å². The minimum Gasteiger partial charge on any atom is -0.461 e. The number of aromatic nitrogens is 3. The molecule has 12 heteroatoms. The number of anilines is 3. The third kappa shape index (κ3) is 6.65. The van der Waals surface area contributed by atoms with Crippen LogP contribution in [0.4, 0.5) is 21.7 Å². The van der Waals surface area contributed by atoms with E-state index in [9.17, 15) is 9.18 Å². The third-order valence-corrected chi connectivity index (χ3v) is 4.48. The van der Waals surface area contributed by atoms with Crippen molar-refractivity contribution in [3.05, 3.63) is 65.3 Å². The number of amides is 1. The van der Waals surface area contributed by atoms with Crippen molar-refractivity contribution in [2.45, 2.75) is 6.10 Å². The molecular formula is C21H20ClFN6O4. The molecule has 10 nitrogen and oxygen atoms in total. The molecule has 0 saturated carbocycles. The summed E-state index contributed by atoms with van der Waals surface area (Å²) in [5.41, 5.74) is 0.715. The van der Waals surface area contributed by atoms with Crippen LogP contribution in [0.3, 0.4) is 0 Å². The molecule has 0 saturated heterocycles. The first kappa shape index (κ1) is 24.0. The summed E-state index contributed by atoms with van der Waals surface area (Å²) in [6.45, 7) is -0.510. The minimum atomic E-state index is -1.23. The summed E-state index contributed by atoms with van der Waals surface area (Å²) in [7, 11) is 0. The van der Waals surface area contributed by atoms with Crippen LogP contribution in [0.5, 0.6) is 5.88 Å². The number of ether oxygens (including phenoxy) is 2. The van der Waals surface area contributed by atoms with E-state index in [2.05, 4.69) is 25.6 Å². The molecule has 0 fully saturated rings. The number of halogens is 2. The largest absolute Gasteiger partial charge is 0.461 e. The van der Waals surface area contributed by atoms with Crippen LogP contribution in [-0.2, 0) is 9.53 Å². The molecule has 0 bridgehead atoms. The number of carbonyl (C=O) groups is 1. The molecular weight excluding hydrogens is 455 g/mol. The molecule has 3 aromatic rings. The molecule has 1 unspecified atom stereocenters. The number of nitrogens with zero attached hydrogens (tertiary/aromatic N) is 3. The van der Waals surface area contributed by atoms with Crippen molar-refractivity contribution < 1.29 is 23.8 Å². The van der Waals surface area contributed by atoms with Gasteiger partial charge in [0.2, 0.25) is 12.0 Å². The number of hydrogen-bond acceptors (Lipinski definition) is 9. The SMILES string of the molecule is N=Cc1c(Nc2ccccc2Cl)ncnc1OC(COCCO)C(=O)Nc1ccc(F)cn1. The first-order valence-corrected chi connectivity index (χ1v) is 10.0. The van der Waals surface area contributed by atoms with E-state index < -0.39 is 17.8 Å². The normalized spacial score (nSPS) is 11.5. The van der Waals surface area contributed by atoms with Gasteiger partial charge in [0.1, 0.15) is 23.8 Å². The molecule has 4 N–H and O–H groups in total. The summed E-state index contributed by atoms with van der Waals surface area (Å²) >= 11 is 6.18. The average molecular weight is 475 g/mol. The predicted octanol–water partition coefficient (Wildman–Crippen LogP) is 2.80.